The second-order valence-corrected chi connectivity index (χ2v) is 7.35. The second-order valence-electron chi connectivity index (χ2n) is 7.35. The summed E-state index contributed by atoms with van der Waals surface area (Å²) in [5.74, 6) is 1.19. The Morgan fingerprint density at radius 1 is 1.00 bits per heavy atom. The molecule has 1 aliphatic heterocycles. The highest BCUT2D eigenvalue weighted by atomic mass is 15.2. The van der Waals surface area contributed by atoms with Crippen molar-refractivity contribution >= 4 is 11.0 Å². The zero-order valence-electron chi connectivity index (χ0n) is 15.5. The molecular weight excluding hydrogens is 334 g/mol. The molecule has 0 radical (unpaired) electrons. The lowest BCUT2D eigenvalue weighted by molar-refractivity contribution is 0.269. The van der Waals surface area contributed by atoms with Gasteiger partial charge in [-0.15, -0.1) is 0 Å². The number of fused-ring (bicyclic) bond motifs is 3. The first-order valence-corrected chi connectivity index (χ1v) is 9.52. The predicted molar refractivity (Wildman–Crippen MR) is 107 cm³/mol. The number of nitrogens with zero attached hydrogens (tertiary/aromatic N) is 4. The van der Waals surface area contributed by atoms with Gasteiger partial charge in [0.25, 0.3) is 0 Å². The minimum absolute atomic E-state index is 0.917. The number of rotatable bonds is 3. The van der Waals surface area contributed by atoms with Crippen molar-refractivity contribution < 1.29 is 0 Å². The molecule has 136 valence electrons. The molecule has 0 unspecified atom stereocenters. The molecule has 0 atom stereocenters. The van der Waals surface area contributed by atoms with Crippen LogP contribution in [0.15, 0.2) is 55.0 Å². The van der Waals surface area contributed by atoms with Crippen molar-refractivity contribution in [1.82, 2.24) is 24.4 Å². The Morgan fingerprint density at radius 3 is 2.67 bits per heavy atom. The molecule has 0 saturated carbocycles. The highest BCUT2D eigenvalue weighted by Crippen LogP contribution is 2.26. The van der Waals surface area contributed by atoms with Crippen molar-refractivity contribution in [3.05, 3.63) is 72.1 Å². The lowest BCUT2D eigenvalue weighted by Crippen LogP contribution is -2.26. The van der Waals surface area contributed by atoms with Gasteiger partial charge in [0.05, 0.1) is 17.4 Å². The van der Waals surface area contributed by atoms with Gasteiger partial charge in [-0.05, 0) is 30.2 Å². The van der Waals surface area contributed by atoms with E-state index < -0.39 is 0 Å². The van der Waals surface area contributed by atoms with Gasteiger partial charge in [-0.3, -0.25) is 4.90 Å². The topological polar surface area (TPSA) is 49.7 Å². The van der Waals surface area contributed by atoms with Gasteiger partial charge in [0.15, 0.2) is 0 Å². The number of benzene rings is 2. The van der Waals surface area contributed by atoms with Gasteiger partial charge in [-0.1, -0.05) is 35.9 Å². The molecule has 0 bridgehead atoms. The van der Waals surface area contributed by atoms with E-state index in [2.05, 4.69) is 68.8 Å². The first kappa shape index (κ1) is 16.3. The van der Waals surface area contributed by atoms with Crippen LogP contribution in [-0.2, 0) is 19.5 Å². The van der Waals surface area contributed by atoms with E-state index in [1.165, 1.54) is 33.7 Å². The molecule has 1 aliphatic rings. The summed E-state index contributed by atoms with van der Waals surface area (Å²) in [6.45, 7) is 6.06. The fourth-order valence-corrected chi connectivity index (χ4v) is 3.93. The Hall–Kier alpha value is -2.92. The van der Waals surface area contributed by atoms with E-state index in [1.807, 2.05) is 6.20 Å². The molecule has 1 N–H and O–H groups in total. The molecule has 2 aromatic heterocycles. The summed E-state index contributed by atoms with van der Waals surface area (Å²) in [5, 5.41) is 0. The highest BCUT2D eigenvalue weighted by Gasteiger charge is 2.18. The van der Waals surface area contributed by atoms with Gasteiger partial charge in [0.1, 0.15) is 5.82 Å². The van der Waals surface area contributed by atoms with Gasteiger partial charge < -0.3 is 9.55 Å². The number of nitrogens with one attached hydrogen (secondary N) is 1. The van der Waals surface area contributed by atoms with Crippen molar-refractivity contribution in [2.75, 3.05) is 13.1 Å². The number of imidazole rings is 2. The smallest absolute Gasteiger partial charge is 0.111 e. The van der Waals surface area contributed by atoms with E-state index in [-0.39, 0.29) is 0 Å². The molecule has 2 aromatic carbocycles. The molecule has 0 aliphatic carbocycles. The zero-order valence-corrected chi connectivity index (χ0v) is 15.5. The van der Waals surface area contributed by atoms with Crippen LogP contribution in [0.2, 0.25) is 0 Å². The second kappa shape index (κ2) is 6.67. The minimum Gasteiger partial charge on any atom is -0.347 e. The van der Waals surface area contributed by atoms with Crippen LogP contribution in [0.5, 0.6) is 0 Å². The molecule has 4 aromatic rings. The average Bonchev–Trinajstić information content (AvgIpc) is 3.26. The number of aryl methyl sites for hydroxylation is 1. The predicted octanol–water partition coefficient (Wildman–Crippen LogP) is 3.79. The van der Waals surface area contributed by atoms with Crippen LogP contribution in [0.3, 0.4) is 0 Å². The third kappa shape index (κ3) is 3.15. The Bertz CT molecular complexity index is 1060. The van der Waals surface area contributed by atoms with Crippen molar-refractivity contribution in [3.63, 3.8) is 0 Å². The Balaban J connectivity index is 1.41. The van der Waals surface area contributed by atoms with E-state index in [0.717, 1.165) is 38.1 Å². The third-order valence-electron chi connectivity index (χ3n) is 5.45. The fourth-order valence-electron chi connectivity index (χ4n) is 3.93. The number of H-pyrrole nitrogens is 1. The van der Waals surface area contributed by atoms with Crippen molar-refractivity contribution in [1.29, 1.82) is 0 Å². The summed E-state index contributed by atoms with van der Waals surface area (Å²) in [4.78, 5) is 14.8. The molecule has 0 fully saturated rings. The standard InChI is InChI=1S/C22H23N5/c1-16-2-4-17(5-3-16)18-6-7-21-20(12-18)25-22-8-9-26(10-11-27(21)22)14-19-13-23-15-24-19/h2-7,12-13,15H,8-11,14H2,1H3,(H,23,24). The number of aromatic nitrogens is 4. The summed E-state index contributed by atoms with van der Waals surface area (Å²) in [6.07, 6.45) is 4.63. The van der Waals surface area contributed by atoms with E-state index in [4.69, 9.17) is 4.98 Å². The van der Waals surface area contributed by atoms with Crippen LogP contribution < -0.4 is 0 Å². The molecule has 0 saturated heterocycles. The Labute approximate surface area is 158 Å². The molecule has 0 amide bonds. The largest absolute Gasteiger partial charge is 0.347 e. The van der Waals surface area contributed by atoms with Crippen LogP contribution in [0, 0.1) is 6.92 Å². The maximum absolute atomic E-state index is 4.96. The number of aromatic amines is 1. The lowest BCUT2D eigenvalue weighted by Gasteiger charge is -2.18. The van der Waals surface area contributed by atoms with E-state index in [9.17, 15) is 0 Å². The maximum Gasteiger partial charge on any atom is 0.111 e. The van der Waals surface area contributed by atoms with Crippen LogP contribution in [0.4, 0.5) is 0 Å². The SMILES string of the molecule is Cc1ccc(-c2ccc3c(c2)nc2n3CCN(Cc3cnc[nH]3)CC2)cc1. The number of hydrogen-bond acceptors (Lipinski definition) is 3. The maximum atomic E-state index is 4.96. The summed E-state index contributed by atoms with van der Waals surface area (Å²) >= 11 is 0. The summed E-state index contributed by atoms with van der Waals surface area (Å²) < 4.78 is 2.39. The van der Waals surface area contributed by atoms with E-state index in [1.54, 1.807) is 6.33 Å². The molecule has 5 heteroatoms. The van der Waals surface area contributed by atoms with Crippen LogP contribution in [0.25, 0.3) is 22.2 Å². The Kier molecular flexibility index (Phi) is 4.02. The fraction of sp³-hybridized carbons (Fsp3) is 0.273. The van der Waals surface area contributed by atoms with Gasteiger partial charge in [-0.25, -0.2) is 9.97 Å². The van der Waals surface area contributed by atoms with Gasteiger partial charge in [-0.2, -0.15) is 0 Å². The number of hydrogen-bond donors (Lipinski definition) is 1. The van der Waals surface area contributed by atoms with Crippen LogP contribution >= 0.6 is 0 Å². The monoisotopic (exact) mass is 357 g/mol. The molecule has 5 rings (SSSR count). The molecular formula is C22H23N5. The molecule has 27 heavy (non-hydrogen) atoms. The van der Waals surface area contributed by atoms with Crippen molar-refractivity contribution in [3.8, 4) is 11.1 Å². The summed E-state index contributed by atoms with van der Waals surface area (Å²) in [5.41, 5.74) is 7.28. The van der Waals surface area contributed by atoms with Gasteiger partial charge in [0, 0.05) is 44.5 Å². The van der Waals surface area contributed by atoms with Crippen molar-refractivity contribution in [2.45, 2.75) is 26.4 Å². The van der Waals surface area contributed by atoms with Gasteiger partial charge in [0.2, 0.25) is 0 Å². The summed E-state index contributed by atoms with van der Waals surface area (Å²) in [7, 11) is 0. The van der Waals surface area contributed by atoms with Crippen molar-refractivity contribution in [2.24, 2.45) is 0 Å². The first-order valence-electron chi connectivity index (χ1n) is 9.52. The minimum atomic E-state index is 0.917. The third-order valence-corrected chi connectivity index (χ3v) is 5.45. The van der Waals surface area contributed by atoms with Gasteiger partial charge >= 0.3 is 0 Å². The zero-order chi connectivity index (χ0) is 18.2. The summed E-state index contributed by atoms with van der Waals surface area (Å²) in [6, 6.07) is 15.4. The first-order chi connectivity index (χ1) is 13.3. The van der Waals surface area contributed by atoms with Crippen LogP contribution in [-0.4, -0.2) is 37.5 Å². The van der Waals surface area contributed by atoms with E-state index >= 15 is 0 Å². The quantitative estimate of drug-likeness (QED) is 0.607. The average molecular weight is 357 g/mol. The van der Waals surface area contributed by atoms with Crippen LogP contribution in [0.1, 0.15) is 17.1 Å². The van der Waals surface area contributed by atoms with E-state index in [0.29, 0.717) is 0 Å². The molecule has 3 heterocycles. The highest BCUT2D eigenvalue weighted by molar-refractivity contribution is 5.82. The normalized spacial score (nSPS) is 15.0. The molecule has 5 nitrogen and oxygen atoms in total. The molecule has 0 spiro atoms. The Morgan fingerprint density at radius 2 is 1.85 bits per heavy atom. The lowest BCUT2D eigenvalue weighted by atomic mass is 10.0.